The minimum atomic E-state index is 0.162. The van der Waals surface area contributed by atoms with Crippen LogP contribution in [0.15, 0.2) is 24.5 Å². The van der Waals surface area contributed by atoms with E-state index in [9.17, 15) is 0 Å². The number of rotatable bonds is 5. The highest BCUT2D eigenvalue weighted by Crippen LogP contribution is 2.37. The molecule has 5 heteroatoms. The molecule has 1 N–H and O–H groups in total. The van der Waals surface area contributed by atoms with E-state index >= 15 is 0 Å². The van der Waals surface area contributed by atoms with Crippen molar-refractivity contribution in [2.24, 2.45) is 13.0 Å². The zero-order valence-electron chi connectivity index (χ0n) is 13.5. The Labute approximate surface area is 131 Å². The lowest BCUT2D eigenvalue weighted by molar-refractivity contribution is 0.0893. The van der Waals surface area contributed by atoms with E-state index in [-0.39, 0.29) is 6.10 Å². The fourth-order valence-corrected chi connectivity index (χ4v) is 3.27. The Morgan fingerprint density at radius 3 is 2.95 bits per heavy atom. The van der Waals surface area contributed by atoms with Gasteiger partial charge in [-0.25, -0.2) is 0 Å². The molecule has 0 bridgehead atoms. The molecular weight excluding hydrogens is 276 g/mol. The molecule has 1 aliphatic rings. The summed E-state index contributed by atoms with van der Waals surface area (Å²) in [5, 5.41) is 8.07. The van der Waals surface area contributed by atoms with Crippen molar-refractivity contribution in [3.05, 3.63) is 47.0 Å². The van der Waals surface area contributed by atoms with Crippen LogP contribution >= 0.6 is 0 Å². The van der Waals surface area contributed by atoms with Gasteiger partial charge in [0.1, 0.15) is 0 Å². The van der Waals surface area contributed by atoms with Crippen molar-refractivity contribution in [3.8, 4) is 0 Å². The Morgan fingerprint density at radius 2 is 2.27 bits per heavy atom. The van der Waals surface area contributed by atoms with Crippen LogP contribution in [0.25, 0.3) is 0 Å². The molecule has 0 radical (unpaired) electrons. The Bertz CT molecular complexity index is 623. The molecule has 1 saturated heterocycles. The number of nitrogens with one attached hydrogen (secondary N) is 1. The fourth-order valence-electron chi connectivity index (χ4n) is 3.27. The van der Waals surface area contributed by atoms with Crippen molar-refractivity contribution in [1.82, 2.24) is 20.1 Å². The minimum Gasteiger partial charge on any atom is -0.373 e. The lowest BCUT2D eigenvalue weighted by Crippen LogP contribution is -2.25. The standard InChI is InChI=1S/C17H24N4O/c1-12-16(13(2)21(3)20-12)17-15(6-8-22-17)11-19-10-14-5-4-7-18-9-14/h4-5,7,9,15,17,19H,6,8,10-11H2,1-3H3/t15-,17-/m1/s1. The molecule has 0 aliphatic carbocycles. The van der Waals surface area contributed by atoms with Crippen molar-refractivity contribution in [2.45, 2.75) is 32.9 Å². The van der Waals surface area contributed by atoms with Gasteiger partial charge in [-0.05, 0) is 31.9 Å². The summed E-state index contributed by atoms with van der Waals surface area (Å²) in [7, 11) is 2.00. The van der Waals surface area contributed by atoms with Crippen LogP contribution in [0.4, 0.5) is 0 Å². The van der Waals surface area contributed by atoms with Gasteiger partial charge in [0.2, 0.25) is 0 Å². The molecule has 0 saturated carbocycles. The Morgan fingerprint density at radius 1 is 1.41 bits per heavy atom. The molecular formula is C17H24N4O. The first-order valence-corrected chi connectivity index (χ1v) is 7.88. The molecule has 22 heavy (non-hydrogen) atoms. The minimum absolute atomic E-state index is 0.162. The summed E-state index contributed by atoms with van der Waals surface area (Å²) in [6.45, 7) is 6.83. The van der Waals surface area contributed by atoms with Gasteiger partial charge in [0.25, 0.3) is 0 Å². The second-order valence-corrected chi connectivity index (χ2v) is 6.04. The summed E-state index contributed by atoms with van der Waals surface area (Å²) in [6.07, 6.45) is 4.97. The van der Waals surface area contributed by atoms with Gasteiger partial charge in [-0.15, -0.1) is 0 Å². The molecule has 0 unspecified atom stereocenters. The smallest absolute Gasteiger partial charge is 0.0901 e. The number of nitrogens with zero attached hydrogens (tertiary/aromatic N) is 3. The fraction of sp³-hybridized carbons (Fsp3) is 0.529. The topological polar surface area (TPSA) is 52.0 Å². The second-order valence-electron chi connectivity index (χ2n) is 6.04. The second kappa shape index (κ2) is 6.58. The van der Waals surface area contributed by atoms with Gasteiger partial charge in [-0.1, -0.05) is 6.07 Å². The van der Waals surface area contributed by atoms with Crippen LogP contribution in [0.5, 0.6) is 0 Å². The molecule has 2 aromatic heterocycles. The van der Waals surface area contributed by atoms with Crippen LogP contribution in [-0.4, -0.2) is 27.9 Å². The lowest BCUT2D eigenvalue weighted by Gasteiger charge is -2.20. The van der Waals surface area contributed by atoms with Crippen LogP contribution < -0.4 is 5.32 Å². The number of hydrogen-bond acceptors (Lipinski definition) is 4. The first-order chi connectivity index (χ1) is 10.7. The number of ether oxygens (including phenoxy) is 1. The largest absolute Gasteiger partial charge is 0.373 e. The monoisotopic (exact) mass is 300 g/mol. The number of hydrogen-bond donors (Lipinski definition) is 1. The Balaban J connectivity index is 1.63. The number of aromatic nitrogens is 3. The molecule has 3 rings (SSSR count). The van der Waals surface area contributed by atoms with E-state index in [0.717, 1.165) is 31.8 Å². The number of pyridine rings is 1. The van der Waals surface area contributed by atoms with E-state index < -0.39 is 0 Å². The molecule has 5 nitrogen and oxygen atoms in total. The van der Waals surface area contributed by atoms with Crippen molar-refractivity contribution in [3.63, 3.8) is 0 Å². The lowest BCUT2D eigenvalue weighted by atomic mass is 9.94. The van der Waals surface area contributed by atoms with E-state index in [0.29, 0.717) is 5.92 Å². The van der Waals surface area contributed by atoms with Crippen molar-refractivity contribution in [2.75, 3.05) is 13.2 Å². The maximum atomic E-state index is 6.02. The summed E-state index contributed by atoms with van der Waals surface area (Å²) in [5.41, 5.74) is 4.78. The molecule has 0 spiro atoms. The molecule has 0 aromatic carbocycles. The van der Waals surface area contributed by atoms with Crippen LogP contribution in [0.1, 0.15) is 35.0 Å². The van der Waals surface area contributed by atoms with E-state index in [1.54, 1.807) is 6.20 Å². The predicted molar refractivity (Wildman–Crippen MR) is 85.4 cm³/mol. The zero-order chi connectivity index (χ0) is 15.5. The third-order valence-corrected chi connectivity index (χ3v) is 4.52. The highest BCUT2D eigenvalue weighted by molar-refractivity contribution is 5.28. The van der Waals surface area contributed by atoms with Gasteiger partial charge < -0.3 is 10.1 Å². The molecule has 3 heterocycles. The van der Waals surface area contributed by atoms with Gasteiger partial charge in [0.05, 0.1) is 11.8 Å². The van der Waals surface area contributed by atoms with Crippen molar-refractivity contribution < 1.29 is 4.74 Å². The average molecular weight is 300 g/mol. The summed E-state index contributed by atoms with van der Waals surface area (Å²) in [5.74, 6) is 0.498. The first kappa shape index (κ1) is 15.2. The van der Waals surface area contributed by atoms with E-state index in [1.165, 1.54) is 16.8 Å². The van der Waals surface area contributed by atoms with Gasteiger partial charge in [-0.2, -0.15) is 5.10 Å². The Hall–Kier alpha value is -1.72. The third-order valence-electron chi connectivity index (χ3n) is 4.52. The summed E-state index contributed by atoms with van der Waals surface area (Å²) >= 11 is 0. The van der Waals surface area contributed by atoms with Crippen molar-refractivity contribution >= 4 is 0 Å². The Kier molecular flexibility index (Phi) is 4.55. The molecule has 1 aliphatic heterocycles. The summed E-state index contributed by atoms with van der Waals surface area (Å²) < 4.78 is 7.97. The molecule has 2 atom stereocenters. The van der Waals surface area contributed by atoms with E-state index in [1.807, 2.05) is 24.0 Å². The van der Waals surface area contributed by atoms with Crippen LogP contribution in [0, 0.1) is 19.8 Å². The van der Waals surface area contributed by atoms with Crippen LogP contribution in [0.2, 0.25) is 0 Å². The third kappa shape index (κ3) is 3.05. The van der Waals surface area contributed by atoms with Gasteiger partial charge in [0.15, 0.2) is 0 Å². The van der Waals surface area contributed by atoms with Gasteiger partial charge in [0, 0.05) is 56.3 Å². The highest BCUT2D eigenvalue weighted by Gasteiger charge is 2.33. The molecule has 1 fully saturated rings. The molecule has 0 amide bonds. The predicted octanol–water partition coefficient (Wildman–Crippen LogP) is 2.30. The quantitative estimate of drug-likeness (QED) is 0.920. The number of aryl methyl sites for hydroxylation is 2. The zero-order valence-corrected chi connectivity index (χ0v) is 13.5. The maximum Gasteiger partial charge on any atom is 0.0901 e. The molecule has 2 aromatic rings. The summed E-state index contributed by atoms with van der Waals surface area (Å²) in [4.78, 5) is 4.15. The highest BCUT2D eigenvalue weighted by atomic mass is 16.5. The van der Waals surface area contributed by atoms with Gasteiger partial charge in [-0.3, -0.25) is 9.67 Å². The van der Waals surface area contributed by atoms with Crippen LogP contribution in [-0.2, 0) is 18.3 Å². The van der Waals surface area contributed by atoms with Crippen LogP contribution in [0.3, 0.4) is 0 Å². The SMILES string of the molecule is Cc1nn(C)c(C)c1[C@@H]1OCC[C@@H]1CNCc1cccnc1. The first-order valence-electron chi connectivity index (χ1n) is 7.88. The van der Waals surface area contributed by atoms with Gasteiger partial charge >= 0.3 is 0 Å². The summed E-state index contributed by atoms with van der Waals surface area (Å²) in [6, 6.07) is 4.07. The average Bonchev–Trinajstić information content (AvgIpc) is 3.05. The van der Waals surface area contributed by atoms with E-state index in [4.69, 9.17) is 4.74 Å². The van der Waals surface area contributed by atoms with Crippen molar-refractivity contribution in [1.29, 1.82) is 0 Å². The van der Waals surface area contributed by atoms with E-state index in [2.05, 4.69) is 35.3 Å². The normalized spacial score (nSPS) is 21.4. The molecule has 118 valence electrons. The maximum absolute atomic E-state index is 6.02.